The molecule has 0 unspecified atom stereocenters. The van der Waals surface area contributed by atoms with E-state index in [9.17, 15) is 14.7 Å². The summed E-state index contributed by atoms with van der Waals surface area (Å²) in [7, 11) is 1.83. The number of nitrogens with zero attached hydrogens (tertiary/aromatic N) is 2. The minimum absolute atomic E-state index is 0.0960. The number of carbonyl (C=O) groups excluding carboxylic acids is 2. The van der Waals surface area contributed by atoms with Crippen molar-refractivity contribution in [3.05, 3.63) is 34.9 Å². The number of benzene rings is 1. The average Bonchev–Trinajstić information content (AvgIpc) is 2.64. The first kappa shape index (κ1) is 20.2. The Kier molecular flexibility index (Phi) is 6.43. The van der Waals surface area contributed by atoms with Gasteiger partial charge in [-0.15, -0.1) is 0 Å². The summed E-state index contributed by atoms with van der Waals surface area (Å²) in [6.45, 7) is 1.86. The molecule has 5 nitrogen and oxygen atoms in total. The lowest BCUT2D eigenvalue weighted by atomic mass is 9.69. The molecule has 3 rings (SSSR count). The second-order valence-corrected chi connectivity index (χ2v) is 8.59. The number of halogens is 1. The van der Waals surface area contributed by atoms with E-state index >= 15 is 0 Å². The highest BCUT2D eigenvalue weighted by molar-refractivity contribution is 6.30. The highest BCUT2D eigenvalue weighted by Gasteiger charge is 2.40. The molecule has 2 aliphatic rings. The number of rotatable bonds is 7. The van der Waals surface area contributed by atoms with Crippen molar-refractivity contribution in [2.45, 2.75) is 38.5 Å². The highest BCUT2D eigenvalue weighted by atomic mass is 35.5. The molecule has 1 N–H and O–H groups in total. The third-order valence-electron chi connectivity index (χ3n) is 6.13. The van der Waals surface area contributed by atoms with E-state index in [0.717, 1.165) is 31.2 Å². The Balaban J connectivity index is 1.54. The van der Waals surface area contributed by atoms with E-state index < -0.39 is 0 Å². The predicted octanol–water partition coefficient (Wildman–Crippen LogP) is 2.74. The van der Waals surface area contributed by atoms with Gasteiger partial charge >= 0.3 is 0 Å². The van der Waals surface area contributed by atoms with Crippen LogP contribution >= 0.6 is 11.6 Å². The van der Waals surface area contributed by atoms with Gasteiger partial charge in [0.15, 0.2) is 0 Å². The Labute approximate surface area is 166 Å². The van der Waals surface area contributed by atoms with Crippen LogP contribution in [0.15, 0.2) is 24.3 Å². The summed E-state index contributed by atoms with van der Waals surface area (Å²) < 4.78 is 0. The van der Waals surface area contributed by atoms with E-state index in [4.69, 9.17) is 11.6 Å². The maximum absolute atomic E-state index is 12.9. The molecule has 1 aliphatic heterocycles. The number of hydrogen-bond acceptors (Lipinski definition) is 3. The number of likely N-dealkylation sites (tertiary alicyclic amines) is 1. The zero-order chi connectivity index (χ0) is 19.4. The number of piperidine rings is 1. The standard InChI is InChI=1S/C21H29ClN2O3/c1-23(14-21(15-25)10-2-11-21)20(27)17-5-8-19(26)24(13-17)12-9-16-3-6-18(22)7-4-16/h3-4,6-7,17,25H,2,5,8-15H2,1H3/t17-/m0/s1. The number of amides is 2. The number of aliphatic hydroxyl groups is 1. The van der Waals surface area contributed by atoms with Crippen molar-refractivity contribution < 1.29 is 14.7 Å². The molecule has 2 amide bonds. The molecule has 1 saturated carbocycles. The van der Waals surface area contributed by atoms with Gasteiger partial charge < -0.3 is 14.9 Å². The van der Waals surface area contributed by atoms with Crippen LogP contribution in [0.1, 0.15) is 37.7 Å². The fourth-order valence-electron chi connectivity index (χ4n) is 4.18. The van der Waals surface area contributed by atoms with E-state index in [0.29, 0.717) is 37.5 Å². The van der Waals surface area contributed by atoms with Crippen LogP contribution in [-0.2, 0) is 16.0 Å². The Morgan fingerprint density at radius 3 is 2.63 bits per heavy atom. The third-order valence-corrected chi connectivity index (χ3v) is 6.38. The topological polar surface area (TPSA) is 60.9 Å². The van der Waals surface area contributed by atoms with Crippen molar-refractivity contribution in [1.82, 2.24) is 9.80 Å². The van der Waals surface area contributed by atoms with Gasteiger partial charge in [-0.2, -0.15) is 0 Å². The summed E-state index contributed by atoms with van der Waals surface area (Å²) in [6.07, 6.45) is 4.89. The second kappa shape index (κ2) is 8.61. The first-order chi connectivity index (χ1) is 12.9. The van der Waals surface area contributed by atoms with Crippen molar-refractivity contribution in [3.63, 3.8) is 0 Å². The molecule has 1 heterocycles. The van der Waals surface area contributed by atoms with Gasteiger partial charge in [0, 0.05) is 43.5 Å². The smallest absolute Gasteiger partial charge is 0.227 e. The van der Waals surface area contributed by atoms with Gasteiger partial charge in [-0.25, -0.2) is 0 Å². The van der Waals surface area contributed by atoms with Crippen LogP contribution in [0, 0.1) is 11.3 Å². The normalized spacial score (nSPS) is 21.7. The average molecular weight is 393 g/mol. The summed E-state index contributed by atoms with van der Waals surface area (Å²) in [5.41, 5.74) is 1.02. The molecule has 0 radical (unpaired) electrons. The lowest BCUT2D eigenvalue weighted by Crippen LogP contribution is -2.50. The van der Waals surface area contributed by atoms with Crippen LogP contribution in [0.2, 0.25) is 5.02 Å². The van der Waals surface area contributed by atoms with Crippen molar-refractivity contribution in [3.8, 4) is 0 Å². The quantitative estimate of drug-likeness (QED) is 0.776. The molecule has 0 bridgehead atoms. The maximum atomic E-state index is 12.9. The summed E-state index contributed by atoms with van der Waals surface area (Å²) in [4.78, 5) is 28.8. The first-order valence-electron chi connectivity index (χ1n) is 9.80. The Hall–Kier alpha value is -1.59. The molecule has 1 aromatic rings. The molecular formula is C21H29ClN2O3. The van der Waals surface area contributed by atoms with Crippen LogP contribution in [0.5, 0.6) is 0 Å². The molecule has 0 spiro atoms. The molecule has 6 heteroatoms. The van der Waals surface area contributed by atoms with Crippen LogP contribution in [0.3, 0.4) is 0 Å². The van der Waals surface area contributed by atoms with Gasteiger partial charge in [0.1, 0.15) is 0 Å². The van der Waals surface area contributed by atoms with Gasteiger partial charge in [0.2, 0.25) is 11.8 Å². The van der Waals surface area contributed by atoms with E-state index in [-0.39, 0.29) is 29.8 Å². The molecule has 148 valence electrons. The minimum Gasteiger partial charge on any atom is -0.396 e. The number of carbonyl (C=O) groups is 2. The lowest BCUT2D eigenvalue weighted by Gasteiger charge is -2.44. The molecule has 1 aromatic carbocycles. The predicted molar refractivity (Wildman–Crippen MR) is 105 cm³/mol. The summed E-state index contributed by atoms with van der Waals surface area (Å²) in [6, 6.07) is 7.65. The number of hydrogen-bond donors (Lipinski definition) is 1. The molecule has 1 aliphatic carbocycles. The third kappa shape index (κ3) is 4.82. The zero-order valence-corrected chi connectivity index (χ0v) is 16.7. The molecular weight excluding hydrogens is 364 g/mol. The van der Waals surface area contributed by atoms with Crippen LogP contribution < -0.4 is 0 Å². The van der Waals surface area contributed by atoms with Crippen LogP contribution in [0.25, 0.3) is 0 Å². The fraction of sp³-hybridized carbons (Fsp3) is 0.619. The van der Waals surface area contributed by atoms with E-state index in [2.05, 4.69) is 0 Å². The molecule has 0 aromatic heterocycles. The SMILES string of the molecule is CN(CC1(CO)CCC1)C(=O)[C@H]1CCC(=O)N(CCc2ccc(Cl)cc2)C1. The lowest BCUT2D eigenvalue weighted by molar-refractivity contribution is -0.144. The van der Waals surface area contributed by atoms with Crippen molar-refractivity contribution in [2.24, 2.45) is 11.3 Å². The molecule has 2 fully saturated rings. The summed E-state index contributed by atoms with van der Waals surface area (Å²) >= 11 is 5.92. The van der Waals surface area contributed by atoms with E-state index in [1.807, 2.05) is 36.2 Å². The van der Waals surface area contributed by atoms with Gasteiger partial charge in [0.25, 0.3) is 0 Å². The Morgan fingerprint density at radius 1 is 1.33 bits per heavy atom. The van der Waals surface area contributed by atoms with Crippen LogP contribution in [-0.4, -0.2) is 60.0 Å². The van der Waals surface area contributed by atoms with Crippen molar-refractivity contribution in [1.29, 1.82) is 0 Å². The summed E-state index contributed by atoms with van der Waals surface area (Å²) in [5.74, 6) is 0.0777. The molecule has 1 saturated heterocycles. The Bertz CT molecular complexity index is 667. The Morgan fingerprint density at radius 2 is 2.04 bits per heavy atom. The largest absolute Gasteiger partial charge is 0.396 e. The van der Waals surface area contributed by atoms with Crippen LogP contribution in [0.4, 0.5) is 0 Å². The number of aliphatic hydroxyl groups excluding tert-OH is 1. The minimum atomic E-state index is -0.145. The fourth-order valence-corrected chi connectivity index (χ4v) is 4.31. The first-order valence-corrected chi connectivity index (χ1v) is 10.2. The van der Waals surface area contributed by atoms with Gasteiger partial charge in [-0.1, -0.05) is 30.2 Å². The summed E-state index contributed by atoms with van der Waals surface area (Å²) in [5, 5.41) is 10.4. The maximum Gasteiger partial charge on any atom is 0.227 e. The second-order valence-electron chi connectivity index (χ2n) is 8.16. The van der Waals surface area contributed by atoms with Gasteiger partial charge in [0.05, 0.1) is 12.5 Å². The van der Waals surface area contributed by atoms with E-state index in [1.54, 1.807) is 4.90 Å². The molecule has 1 atom stereocenters. The van der Waals surface area contributed by atoms with Gasteiger partial charge in [-0.05, 0) is 43.4 Å². The highest BCUT2D eigenvalue weighted by Crippen LogP contribution is 2.41. The molecule has 27 heavy (non-hydrogen) atoms. The van der Waals surface area contributed by atoms with Crippen molar-refractivity contribution >= 4 is 23.4 Å². The van der Waals surface area contributed by atoms with Crippen molar-refractivity contribution in [2.75, 3.05) is 33.3 Å². The zero-order valence-electron chi connectivity index (χ0n) is 16.0. The van der Waals surface area contributed by atoms with Gasteiger partial charge in [-0.3, -0.25) is 9.59 Å². The van der Waals surface area contributed by atoms with E-state index in [1.165, 1.54) is 0 Å². The monoisotopic (exact) mass is 392 g/mol.